The van der Waals surface area contributed by atoms with Crippen LogP contribution in [-0.2, 0) is 0 Å². The van der Waals surface area contributed by atoms with E-state index < -0.39 is 17.9 Å². The van der Waals surface area contributed by atoms with Gasteiger partial charge in [-0.05, 0) is 12.2 Å². The summed E-state index contributed by atoms with van der Waals surface area (Å²) >= 11 is 0. The van der Waals surface area contributed by atoms with Crippen LogP contribution in [0.15, 0.2) is 24.1 Å². The quantitative estimate of drug-likeness (QED) is 0.553. The zero-order chi connectivity index (χ0) is 7.78. The number of alkyl halides is 2. The van der Waals surface area contributed by atoms with Crippen molar-refractivity contribution in [3.63, 3.8) is 0 Å². The Morgan fingerprint density at radius 2 is 2.20 bits per heavy atom. The molecule has 1 rings (SSSR count). The molecule has 56 valence electrons. The lowest BCUT2D eigenvalue weighted by atomic mass is 10.1. The number of hydrogen-bond acceptors (Lipinski definition) is 1. The van der Waals surface area contributed by atoms with Gasteiger partial charge in [0.1, 0.15) is 5.83 Å². The highest BCUT2D eigenvalue weighted by Gasteiger charge is 2.39. The second kappa shape index (κ2) is 2.12. The fourth-order valence-corrected chi connectivity index (χ4v) is 0.637. The normalized spacial score (nSPS) is 39.6. The highest BCUT2D eigenvalue weighted by molar-refractivity contribution is 5.23. The molecule has 0 saturated carbocycles. The maximum absolute atomic E-state index is 12.3. The maximum Gasteiger partial charge on any atom is 0.264 e. The Morgan fingerprint density at radius 1 is 1.60 bits per heavy atom. The van der Waals surface area contributed by atoms with Crippen molar-refractivity contribution in [3.8, 4) is 0 Å². The van der Waals surface area contributed by atoms with Crippen molar-refractivity contribution in [1.29, 1.82) is 0 Å². The van der Waals surface area contributed by atoms with Gasteiger partial charge in [0.2, 0.25) is 6.17 Å². The van der Waals surface area contributed by atoms with E-state index in [1.807, 2.05) is 0 Å². The molecule has 0 amide bonds. The lowest BCUT2D eigenvalue weighted by molar-refractivity contribution is -0.0959. The molecule has 0 aliphatic heterocycles. The molecular weight excluding hydrogens is 145 g/mol. The van der Waals surface area contributed by atoms with E-state index in [4.69, 9.17) is 5.11 Å². The van der Waals surface area contributed by atoms with Gasteiger partial charge in [0.15, 0.2) is 0 Å². The monoisotopic (exact) mass is 150 g/mol. The van der Waals surface area contributed by atoms with Crippen molar-refractivity contribution in [1.82, 2.24) is 0 Å². The molecule has 0 fully saturated rings. The molecule has 1 nitrogen and oxygen atoms in total. The summed E-state index contributed by atoms with van der Waals surface area (Å²) in [5.41, 5.74) is 0. The van der Waals surface area contributed by atoms with Gasteiger partial charge in [-0.3, -0.25) is 0 Å². The summed E-state index contributed by atoms with van der Waals surface area (Å²) in [5, 5.41) is 8.40. The minimum atomic E-state index is -3.18. The van der Waals surface area contributed by atoms with Gasteiger partial charge in [0.25, 0.3) is 5.85 Å². The van der Waals surface area contributed by atoms with E-state index in [0.29, 0.717) is 6.08 Å². The predicted octanol–water partition coefficient (Wildman–Crippen LogP) is 1.41. The van der Waals surface area contributed by atoms with Crippen molar-refractivity contribution in [3.05, 3.63) is 24.1 Å². The van der Waals surface area contributed by atoms with E-state index in [1.54, 1.807) is 0 Å². The van der Waals surface area contributed by atoms with Crippen LogP contribution in [0.4, 0.5) is 13.2 Å². The van der Waals surface area contributed by atoms with E-state index in [1.165, 1.54) is 0 Å². The van der Waals surface area contributed by atoms with Crippen LogP contribution in [-0.4, -0.2) is 17.1 Å². The Kier molecular flexibility index (Phi) is 1.56. The van der Waals surface area contributed by atoms with Gasteiger partial charge in [-0.1, -0.05) is 6.08 Å². The van der Waals surface area contributed by atoms with Crippen molar-refractivity contribution >= 4 is 0 Å². The minimum absolute atomic E-state index is 0.556. The first-order valence-electron chi connectivity index (χ1n) is 2.64. The average molecular weight is 150 g/mol. The molecule has 1 aliphatic rings. The summed E-state index contributed by atoms with van der Waals surface area (Å²) in [6.45, 7) is 0. The summed E-state index contributed by atoms with van der Waals surface area (Å²) in [6, 6.07) is 0. The zero-order valence-corrected chi connectivity index (χ0v) is 4.89. The minimum Gasteiger partial charge on any atom is -0.356 e. The Bertz CT molecular complexity index is 195. The van der Waals surface area contributed by atoms with Gasteiger partial charge < -0.3 is 5.11 Å². The molecule has 1 N–H and O–H groups in total. The molecule has 0 saturated heterocycles. The predicted molar refractivity (Wildman–Crippen MR) is 29.3 cm³/mol. The summed E-state index contributed by atoms with van der Waals surface area (Å²) in [7, 11) is 0. The summed E-state index contributed by atoms with van der Waals surface area (Å²) < 4.78 is 36.7. The Hall–Kier alpha value is -0.770. The zero-order valence-electron chi connectivity index (χ0n) is 4.89. The smallest absolute Gasteiger partial charge is 0.264 e. The van der Waals surface area contributed by atoms with Gasteiger partial charge in [0, 0.05) is 0 Å². The Labute approximate surface area is 55.5 Å². The first kappa shape index (κ1) is 7.34. The van der Waals surface area contributed by atoms with E-state index in [-0.39, 0.29) is 0 Å². The van der Waals surface area contributed by atoms with Crippen LogP contribution in [0.2, 0.25) is 0 Å². The van der Waals surface area contributed by atoms with Crippen LogP contribution in [0, 0.1) is 0 Å². The first-order valence-corrected chi connectivity index (χ1v) is 2.64. The van der Waals surface area contributed by atoms with Gasteiger partial charge in [-0.25, -0.2) is 13.2 Å². The average Bonchev–Trinajstić information content (AvgIpc) is 1.83. The van der Waals surface area contributed by atoms with Crippen molar-refractivity contribution in [2.24, 2.45) is 0 Å². The molecule has 0 aromatic heterocycles. The lowest BCUT2D eigenvalue weighted by Gasteiger charge is -2.20. The van der Waals surface area contributed by atoms with E-state index in [2.05, 4.69) is 0 Å². The molecule has 0 heterocycles. The molecule has 1 aliphatic carbocycles. The van der Waals surface area contributed by atoms with E-state index >= 15 is 0 Å². The molecule has 2 atom stereocenters. The Balaban J connectivity index is 2.89. The second-order valence-corrected chi connectivity index (χ2v) is 2.00. The van der Waals surface area contributed by atoms with Gasteiger partial charge in [-0.15, -0.1) is 0 Å². The van der Waals surface area contributed by atoms with Crippen molar-refractivity contribution in [2.45, 2.75) is 12.0 Å². The molecule has 4 heteroatoms. The highest BCUT2D eigenvalue weighted by Crippen LogP contribution is 2.28. The maximum atomic E-state index is 12.3. The highest BCUT2D eigenvalue weighted by atomic mass is 19.2. The molecule has 10 heavy (non-hydrogen) atoms. The molecule has 0 bridgehead atoms. The lowest BCUT2D eigenvalue weighted by Crippen LogP contribution is -2.34. The van der Waals surface area contributed by atoms with Crippen LogP contribution in [0.25, 0.3) is 0 Å². The molecule has 0 aromatic carbocycles. The van der Waals surface area contributed by atoms with Gasteiger partial charge in [0.05, 0.1) is 0 Å². The van der Waals surface area contributed by atoms with Crippen LogP contribution >= 0.6 is 0 Å². The van der Waals surface area contributed by atoms with Crippen molar-refractivity contribution in [2.75, 3.05) is 0 Å². The van der Waals surface area contributed by atoms with E-state index in [0.717, 1.165) is 12.2 Å². The number of allylic oxidation sites excluding steroid dienone is 2. The standard InChI is InChI=1S/C6H5F3O/c7-4-2-1-3-6(9,10)5(4)8/h1-3,5,10H. The number of halogens is 3. The molecule has 0 radical (unpaired) electrons. The summed E-state index contributed by atoms with van der Waals surface area (Å²) in [4.78, 5) is 0. The third kappa shape index (κ3) is 1.07. The van der Waals surface area contributed by atoms with E-state index in [9.17, 15) is 13.2 Å². The third-order valence-electron chi connectivity index (χ3n) is 1.18. The Morgan fingerprint density at radius 3 is 2.60 bits per heavy atom. The molecule has 0 spiro atoms. The topological polar surface area (TPSA) is 20.2 Å². The third-order valence-corrected chi connectivity index (χ3v) is 1.18. The fourth-order valence-electron chi connectivity index (χ4n) is 0.637. The molecule has 0 aromatic rings. The van der Waals surface area contributed by atoms with Crippen molar-refractivity contribution < 1.29 is 18.3 Å². The van der Waals surface area contributed by atoms with Crippen LogP contribution in [0.1, 0.15) is 0 Å². The number of rotatable bonds is 0. The van der Waals surface area contributed by atoms with Crippen LogP contribution in [0.3, 0.4) is 0 Å². The summed E-state index contributed by atoms with van der Waals surface area (Å²) in [6.07, 6.45) is -0.345. The fraction of sp³-hybridized carbons (Fsp3) is 0.333. The molecule has 2 unspecified atom stereocenters. The van der Waals surface area contributed by atoms with Gasteiger partial charge in [-0.2, -0.15) is 0 Å². The van der Waals surface area contributed by atoms with Crippen LogP contribution < -0.4 is 0 Å². The SMILES string of the molecule is OC1(F)C=CC=C(F)C1F. The summed E-state index contributed by atoms with van der Waals surface area (Å²) in [5.74, 6) is -4.48. The van der Waals surface area contributed by atoms with Gasteiger partial charge >= 0.3 is 0 Å². The molecular formula is C6H5F3O. The number of hydrogen-bond donors (Lipinski definition) is 1. The second-order valence-electron chi connectivity index (χ2n) is 2.00. The first-order chi connectivity index (χ1) is 4.54. The number of aliphatic hydroxyl groups is 1. The van der Waals surface area contributed by atoms with Crippen LogP contribution in [0.5, 0.6) is 0 Å². The largest absolute Gasteiger partial charge is 0.356 e.